The second-order valence-electron chi connectivity index (χ2n) is 4.15. The van der Waals surface area contributed by atoms with Crippen LogP contribution in [0.3, 0.4) is 0 Å². The Morgan fingerprint density at radius 1 is 0.870 bits per heavy atom. The van der Waals surface area contributed by atoms with E-state index in [0.29, 0.717) is 0 Å². The summed E-state index contributed by atoms with van der Waals surface area (Å²) in [5, 5.41) is 0. The van der Waals surface area contributed by atoms with E-state index in [2.05, 4.69) is 9.47 Å². The summed E-state index contributed by atoms with van der Waals surface area (Å²) in [5.74, 6) is -23.5. The number of alkyl halides is 12. The minimum absolute atomic E-state index is 2.05. The van der Waals surface area contributed by atoms with Gasteiger partial charge >= 0.3 is 42.1 Å². The Morgan fingerprint density at radius 3 is 1.61 bits per heavy atom. The predicted octanol–water partition coefficient (Wildman–Crippen LogP) is 3.63. The van der Waals surface area contributed by atoms with Crippen molar-refractivity contribution >= 4 is 5.97 Å². The summed E-state index contributed by atoms with van der Waals surface area (Å²) in [4.78, 5) is 10.4. The van der Waals surface area contributed by atoms with Crippen molar-refractivity contribution in [2.45, 2.75) is 42.5 Å². The molecular weight excluding hydrogens is 372 g/mol. The van der Waals surface area contributed by atoms with Crippen molar-refractivity contribution in [1.82, 2.24) is 0 Å². The lowest BCUT2D eigenvalue weighted by atomic mass is 10.1. The lowest BCUT2D eigenvalue weighted by molar-refractivity contribution is -0.427. The maximum absolute atomic E-state index is 13.4. The molecule has 0 amide bonds. The van der Waals surface area contributed by atoms with Crippen molar-refractivity contribution in [2.75, 3.05) is 0 Å². The Kier molecular flexibility index (Phi) is 4.09. The van der Waals surface area contributed by atoms with Crippen LogP contribution in [0.5, 0.6) is 0 Å². The standard InChI is InChI=1S/C8H2F12O3/c9-3(10,11)1-2(21)22-8(19,20)6(16)4(12,13)5(14,15)7(17,18)23-6/h1H2. The van der Waals surface area contributed by atoms with Gasteiger partial charge in [0.15, 0.2) is 0 Å². The fraction of sp³-hybridized carbons (Fsp3) is 0.875. The summed E-state index contributed by atoms with van der Waals surface area (Å²) in [6.45, 7) is 0. The first-order valence-corrected chi connectivity index (χ1v) is 5.00. The topological polar surface area (TPSA) is 35.5 Å². The van der Waals surface area contributed by atoms with Gasteiger partial charge in [-0.05, 0) is 0 Å². The van der Waals surface area contributed by atoms with E-state index < -0.39 is 48.5 Å². The number of esters is 1. The molecular formula is C8H2F12O3. The summed E-state index contributed by atoms with van der Waals surface area (Å²) < 4.78 is 155. The zero-order valence-electron chi connectivity index (χ0n) is 9.97. The van der Waals surface area contributed by atoms with Gasteiger partial charge in [-0.2, -0.15) is 52.7 Å². The molecule has 136 valence electrons. The molecule has 0 bridgehead atoms. The van der Waals surface area contributed by atoms with Crippen molar-refractivity contribution in [2.24, 2.45) is 0 Å². The molecule has 0 spiro atoms. The molecule has 1 saturated heterocycles. The molecule has 0 radical (unpaired) electrons. The van der Waals surface area contributed by atoms with Crippen molar-refractivity contribution < 1.29 is 67.0 Å². The summed E-state index contributed by atoms with van der Waals surface area (Å²) in [6.07, 6.45) is -21.5. The van der Waals surface area contributed by atoms with Gasteiger partial charge in [-0.15, -0.1) is 0 Å². The molecule has 1 rings (SSSR count). The fourth-order valence-corrected chi connectivity index (χ4v) is 1.34. The third kappa shape index (κ3) is 2.78. The first-order valence-electron chi connectivity index (χ1n) is 5.00. The van der Waals surface area contributed by atoms with E-state index in [-0.39, 0.29) is 0 Å². The molecule has 1 heterocycles. The fourth-order valence-electron chi connectivity index (χ4n) is 1.34. The Morgan fingerprint density at radius 2 is 1.30 bits per heavy atom. The van der Waals surface area contributed by atoms with Gasteiger partial charge in [0.25, 0.3) is 0 Å². The summed E-state index contributed by atoms with van der Waals surface area (Å²) in [6, 6.07) is 0. The highest BCUT2D eigenvalue weighted by Crippen LogP contribution is 2.64. The van der Waals surface area contributed by atoms with Gasteiger partial charge in [0.2, 0.25) is 0 Å². The maximum atomic E-state index is 13.4. The first-order chi connectivity index (χ1) is 9.81. The SMILES string of the molecule is O=C(CC(F)(F)F)OC(F)(F)C1(F)OC(F)(F)C(F)(F)C1(F)F. The molecule has 0 aliphatic carbocycles. The molecule has 1 unspecified atom stereocenters. The Balaban J connectivity index is 3.19. The molecule has 23 heavy (non-hydrogen) atoms. The van der Waals surface area contributed by atoms with E-state index >= 15 is 0 Å². The van der Waals surface area contributed by atoms with Crippen LogP contribution in [0.2, 0.25) is 0 Å². The van der Waals surface area contributed by atoms with Crippen molar-refractivity contribution in [1.29, 1.82) is 0 Å². The van der Waals surface area contributed by atoms with Crippen LogP contribution >= 0.6 is 0 Å². The van der Waals surface area contributed by atoms with Gasteiger partial charge in [0.05, 0.1) is 0 Å². The highest BCUT2D eigenvalue weighted by atomic mass is 19.4. The van der Waals surface area contributed by atoms with Crippen molar-refractivity contribution in [3.63, 3.8) is 0 Å². The lowest BCUT2D eigenvalue weighted by Gasteiger charge is -2.31. The Hall–Kier alpha value is -1.41. The molecule has 1 aliphatic rings. The van der Waals surface area contributed by atoms with Crippen molar-refractivity contribution in [3.05, 3.63) is 0 Å². The van der Waals surface area contributed by atoms with E-state index in [1.165, 1.54) is 0 Å². The van der Waals surface area contributed by atoms with Gasteiger partial charge in [-0.1, -0.05) is 0 Å². The van der Waals surface area contributed by atoms with Gasteiger partial charge in [-0.3, -0.25) is 9.53 Å². The quantitative estimate of drug-likeness (QED) is 0.559. The number of hydrogen-bond acceptors (Lipinski definition) is 3. The van der Waals surface area contributed by atoms with Crippen molar-refractivity contribution in [3.8, 4) is 0 Å². The van der Waals surface area contributed by atoms with Gasteiger partial charge in [0, 0.05) is 0 Å². The second-order valence-corrected chi connectivity index (χ2v) is 4.15. The van der Waals surface area contributed by atoms with Gasteiger partial charge in [-0.25, -0.2) is 0 Å². The number of ether oxygens (including phenoxy) is 2. The minimum Gasteiger partial charge on any atom is -0.396 e. The highest BCUT2D eigenvalue weighted by molar-refractivity contribution is 5.70. The summed E-state index contributed by atoms with van der Waals surface area (Å²) >= 11 is 0. The van der Waals surface area contributed by atoms with E-state index in [1.807, 2.05) is 0 Å². The third-order valence-electron chi connectivity index (χ3n) is 2.39. The van der Waals surface area contributed by atoms with Crippen LogP contribution in [0, 0.1) is 0 Å². The maximum Gasteiger partial charge on any atom is 0.468 e. The molecule has 0 aromatic heterocycles. The number of halogens is 12. The molecule has 0 saturated carbocycles. The minimum atomic E-state index is -6.95. The predicted molar refractivity (Wildman–Crippen MR) is 41.5 cm³/mol. The first kappa shape index (κ1) is 19.6. The largest absolute Gasteiger partial charge is 0.468 e. The van der Waals surface area contributed by atoms with Crippen LogP contribution in [-0.4, -0.2) is 42.1 Å². The van der Waals surface area contributed by atoms with Gasteiger partial charge < -0.3 is 4.74 Å². The van der Waals surface area contributed by atoms with Crippen LogP contribution in [0.1, 0.15) is 6.42 Å². The average Bonchev–Trinajstić information content (AvgIpc) is 2.31. The molecule has 1 fully saturated rings. The molecule has 3 nitrogen and oxygen atoms in total. The average molecular weight is 374 g/mol. The Labute approximate surface area is 117 Å². The van der Waals surface area contributed by atoms with Crippen LogP contribution in [0.4, 0.5) is 52.7 Å². The van der Waals surface area contributed by atoms with Crippen LogP contribution in [0.25, 0.3) is 0 Å². The molecule has 0 aromatic rings. The molecule has 0 N–H and O–H groups in total. The molecule has 0 aromatic carbocycles. The smallest absolute Gasteiger partial charge is 0.396 e. The second kappa shape index (κ2) is 4.80. The number of hydrogen-bond donors (Lipinski definition) is 0. The Bertz CT molecular complexity index is 497. The van der Waals surface area contributed by atoms with E-state index in [0.717, 1.165) is 0 Å². The van der Waals surface area contributed by atoms with Crippen LogP contribution in [0.15, 0.2) is 0 Å². The molecule has 1 atom stereocenters. The van der Waals surface area contributed by atoms with E-state index in [1.54, 1.807) is 0 Å². The monoisotopic (exact) mass is 374 g/mol. The lowest BCUT2D eigenvalue weighted by Crippen LogP contribution is -2.61. The van der Waals surface area contributed by atoms with Crippen LogP contribution < -0.4 is 0 Å². The number of carbonyl (C=O) groups is 1. The highest BCUT2D eigenvalue weighted by Gasteiger charge is 2.96. The summed E-state index contributed by atoms with van der Waals surface area (Å²) in [5.41, 5.74) is 0. The zero-order chi connectivity index (χ0) is 18.7. The number of rotatable bonds is 3. The molecule has 1 aliphatic heterocycles. The number of carbonyl (C=O) groups excluding carboxylic acids is 1. The normalized spacial score (nSPS) is 29.4. The third-order valence-corrected chi connectivity index (χ3v) is 2.39. The zero-order valence-corrected chi connectivity index (χ0v) is 9.97. The van der Waals surface area contributed by atoms with Crippen LogP contribution in [-0.2, 0) is 14.3 Å². The molecule has 15 heteroatoms. The van der Waals surface area contributed by atoms with Gasteiger partial charge in [0.1, 0.15) is 6.42 Å². The van der Waals surface area contributed by atoms with E-state index in [9.17, 15) is 57.5 Å². The summed E-state index contributed by atoms with van der Waals surface area (Å²) in [7, 11) is 0. The van der Waals surface area contributed by atoms with E-state index in [4.69, 9.17) is 0 Å².